The van der Waals surface area contributed by atoms with Crippen LogP contribution in [0.4, 0.5) is 0 Å². The van der Waals surface area contributed by atoms with Crippen molar-refractivity contribution in [2.24, 2.45) is 5.84 Å². The first kappa shape index (κ1) is 44.1. The average Bonchev–Trinajstić information content (AvgIpc) is 2.99. The molecule has 0 aromatic heterocycles. The van der Waals surface area contributed by atoms with Gasteiger partial charge in [0, 0.05) is 32.1 Å². The summed E-state index contributed by atoms with van der Waals surface area (Å²) in [6.45, 7) is 26.3. The zero-order valence-corrected chi connectivity index (χ0v) is 32.9. The molecule has 0 atom stereocenters. The predicted molar refractivity (Wildman–Crippen MR) is 201 cm³/mol. The fourth-order valence-electron chi connectivity index (χ4n) is 5.25. The molecule has 0 aliphatic carbocycles. The van der Waals surface area contributed by atoms with Gasteiger partial charge in [0.1, 0.15) is 17.3 Å². The van der Waals surface area contributed by atoms with E-state index in [2.05, 4.69) is 58.2 Å². The summed E-state index contributed by atoms with van der Waals surface area (Å²) >= 11 is 0. The van der Waals surface area contributed by atoms with Gasteiger partial charge in [-0.15, -0.1) is 0 Å². The van der Waals surface area contributed by atoms with Crippen molar-refractivity contribution in [1.82, 2.24) is 16.3 Å². The molecule has 0 heterocycles. The van der Waals surface area contributed by atoms with Crippen molar-refractivity contribution >= 4 is 23.5 Å². The number of carbonyl (C=O) groups excluding carboxylic acids is 4. The standard InChI is InChI=1S/C37H56N2O5.C3H8N2O/c1-34(2,3)26-19-23(20-27(32(26)43)35(4,5)6)13-15-25(40)16-18-31(42)39-38-30(41)17-14-24-21-28(36(7,8)9)33(44)29(22-24)37(10,11)12;1-2-3(6)5-4/h19-22,43-44H,13-18H2,1-12H3,(H,38,41)(H,39,42);2,4H2,1H3,(H,5,6). The van der Waals surface area contributed by atoms with Crippen LogP contribution in [0.25, 0.3) is 0 Å². The molecular formula is C40H64N4O6. The summed E-state index contributed by atoms with van der Waals surface area (Å²) in [6, 6.07) is 7.86. The Labute approximate surface area is 300 Å². The molecule has 3 amide bonds. The minimum absolute atomic E-state index is 0.0168. The van der Waals surface area contributed by atoms with Crippen LogP contribution in [-0.2, 0) is 53.7 Å². The van der Waals surface area contributed by atoms with E-state index in [1.807, 2.05) is 71.2 Å². The minimum Gasteiger partial charge on any atom is -0.507 e. The van der Waals surface area contributed by atoms with Crippen LogP contribution in [-0.4, -0.2) is 33.7 Å². The first-order valence-corrected chi connectivity index (χ1v) is 17.5. The monoisotopic (exact) mass is 696 g/mol. The maximum atomic E-state index is 12.6. The van der Waals surface area contributed by atoms with Gasteiger partial charge in [-0.25, -0.2) is 5.84 Å². The van der Waals surface area contributed by atoms with Gasteiger partial charge in [-0.2, -0.15) is 0 Å². The molecule has 7 N–H and O–H groups in total. The Balaban J connectivity index is 0.00000190. The SMILES string of the molecule is CC(C)(C)c1cc(CCC(=O)CCC(=O)NNC(=O)CCc2cc(C(C)(C)C)c(O)c(C(C)(C)C)c2)cc(C(C)(C)C)c1O.CCC(=O)NN. The van der Waals surface area contributed by atoms with Gasteiger partial charge in [0.25, 0.3) is 0 Å². The van der Waals surface area contributed by atoms with E-state index in [1.54, 1.807) is 6.92 Å². The molecule has 0 bridgehead atoms. The highest BCUT2D eigenvalue weighted by molar-refractivity contribution is 5.86. The Bertz CT molecular complexity index is 1320. The molecule has 2 aromatic carbocycles. The van der Waals surface area contributed by atoms with E-state index in [0.717, 1.165) is 33.4 Å². The second-order valence-corrected chi connectivity index (χ2v) is 17.1. The van der Waals surface area contributed by atoms with Crippen molar-refractivity contribution < 1.29 is 29.4 Å². The van der Waals surface area contributed by atoms with Crippen LogP contribution in [0.2, 0.25) is 0 Å². The Morgan fingerprint density at radius 1 is 0.540 bits per heavy atom. The number of amides is 3. The molecule has 10 heteroatoms. The number of aryl methyl sites for hydroxylation is 2. The van der Waals surface area contributed by atoms with Crippen LogP contribution in [0.15, 0.2) is 24.3 Å². The van der Waals surface area contributed by atoms with Crippen molar-refractivity contribution in [2.75, 3.05) is 0 Å². The van der Waals surface area contributed by atoms with Gasteiger partial charge in [0.2, 0.25) is 17.7 Å². The zero-order chi connectivity index (χ0) is 38.8. The molecule has 280 valence electrons. The van der Waals surface area contributed by atoms with Gasteiger partial charge < -0.3 is 10.2 Å². The molecule has 0 unspecified atom stereocenters. The number of hydrogen-bond donors (Lipinski definition) is 6. The second kappa shape index (κ2) is 17.8. The van der Waals surface area contributed by atoms with E-state index in [1.165, 1.54) is 0 Å². The summed E-state index contributed by atoms with van der Waals surface area (Å²) < 4.78 is 0. The molecular weight excluding hydrogens is 632 g/mol. The van der Waals surface area contributed by atoms with E-state index in [0.29, 0.717) is 30.8 Å². The number of ketones is 1. The highest BCUT2D eigenvalue weighted by Gasteiger charge is 2.28. The first-order valence-electron chi connectivity index (χ1n) is 17.5. The number of nitrogens with one attached hydrogen (secondary N) is 3. The normalized spacial score (nSPS) is 12.0. The molecule has 0 spiro atoms. The van der Waals surface area contributed by atoms with Crippen molar-refractivity contribution in [2.45, 2.75) is 157 Å². The second-order valence-electron chi connectivity index (χ2n) is 17.1. The van der Waals surface area contributed by atoms with Crippen LogP contribution in [0.1, 0.15) is 155 Å². The van der Waals surface area contributed by atoms with E-state index in [4.69, 9.17) is 0 Å². The maximum Gasteiger partial charge on any atom is 0.238 e. The number of nitrogens with two attached hydrogens (primary N) is 1. The minimum atomic E-state index is -0.420. The number of phenolic OH excluding ortho intramolecular Hbond substituents is 2. The molecule has 0 saturated heterocycles. The first-order chi connectivity index (χ1) is 22.7. The molecule has 2 aromatic rings. The molecule has 2 rings (SSSR count). The zero-order valence-electron chi connectivity index (χ0n) is 32.9. The summed E-state index contributed by atoms with van der Waals surface area (Å²) in [7, 11) is 0. The van der Waals surface area contributed by atoms with Crippen LogP contribution in [0, 0.1) is 0 Å². The lowest BCUT2D eigenvalue weighted by molar-refractivity contribution is -0.129. The fraction of sp³-hybridized carbons (Fsp3) is 0.600. The quantitative estimate of drug-likeness (QED) is 0.0908. The molecule has 0 fully saturated rings. The maximum absolute atomic E-state index is 12.6. The summed E-state index contributed by atoms with van der Waals surface area (Å²) in [5, 5.41) is 21.8. The summed E-state index contributed by atoms with van der Waals surface area (Å²) in [5.41, 5.74) is 11.2. The third-order valence-electron chi connectivity index (χ3n) is 8.36. The predicted octanol–water partition coefficient (Wildman–Crippen LogP) is 6.74. The largest absolute Gasteiger partial charge is 0.507 e. The van der Waals surface area contributed by atoms with Gasteiger partial charge in [0.05, 0.1) is 0 Å². The Morgan fingerprint density at radius 3 is 1.14 bits per heavy atom. The van der Waals surface area contributed by atoms with Crippen LogP contribution < -0.4 is 22.1 Å². The van der Waals surface area contributed by atoms with Gasteiger partial charge >= 0.3 is 0 Å². The lowest BCUT2D eigenvalue weighted by Gasteiger charge is -2.28. The number of Topliss-reactive ketones (excluding diaryl/α,β-unsaturated/α-hetero) is 1. The smallest absolute Gasteiger partial charge is 0.238 e. The Kier molecular flexibility index (Phi) is 15.7. The molecule has 0 aliphatic rings. The Hall–Kier alpha value is -3.92. The van der Waals surface area contributed by atoms with Crippen molar-refractivity contribution in [3.05, 3.63) is 57.6 Å². The highest BCUT2D eigenvalue weighted by Crippen LogP contribution is 2.41. The number of hydrazine groups is 2. The van der Waals surface area contributed by atoms with Crippen LogP contribution in [0.3, 0.4) is 0 Å². The Morgan fingerprint density at radius 2 is 0.860 bits per heavy atom. The number of hydrogen-bond acceptors (Lipinski definition) is 7. The van der Waals surface area contributed by atoms with Gasteiger partial charge in [0.15, 0.2) is 0 Å². The van der Waals surface area contributed by atoms with Gasteiger partial charge in [-0.1, -0.05) is 114 Å². The van der Waals surface area contributed by atoms with Crippen molar-refractivity contribution in [1.29, 1.82) is 0 Å². The van der Waals surface area contributed by atoms with E-state index in [-0.39, 0.29) is 64.9 Å². The lowest BCUT2D eigenvalue weighted by Crippen LogP contribution is -2.41. The summed E-state index contributed by atoms with van der Waals surface area (Å²) in [6.07, 6.45) is 1.95. The summed E-state index contributed by atoms with van der Waals surface area (Å²) in [5.74, 6) is 4.38. The number of benzene rings is 2. The van der Waals surface area contributed by atoms with Crippen LogP contribution >= 0.6 is 0 Å². The van der Waals surface area contributed by atoms with Crippen molar-refractivity contribution in [3.8, 4) is 11.5 Å². The molecule has 0 saturated carbocycles. The average molecular weight is 697 g/mol. The number of aromatic hydroxyl groups is 2. The van der Waals surface area contributed by atoms with E-state index >= 15 is 0 Å². The third kappa shape index (κ3) is 14.1. The highest BCUT2D eigenvalue weighted by atomic mass is 16.3. The molecule has 0 radical (unpaired) electrons. The lowest BCUT2D eigenvalue weighted by atomic mass is 9.78. The van der Waals surface area contributed by atoms with Crippen molar-refractivity contribution in [3.63, 3.8) is 0 Å². The molecule has 50 heavy (non-hydrogen) atoms. The third-order valence-corrected chi connectivity index (χ3v) is 8.36. The van der Waals surface area contributed by atoms with E-state index in [9.17, 15) is 29.4 Å². The van der Waals surface area contributed by atoms with Gasteiger partial charge in [-0.3, -0.25) is 35.5 Å². The number of carbonyl (C=O) groups is 4. The molecule has 10 nitrogen and oxygen atoms in total. The van der Waals surface area contributed by atoms with Gasteiger partial charge in [-0.05, 0) is 67.9 Å². The topological polar surface area (TPSA) is 171 Å². The molecule has 0 aliphatic heterocycles. The van der Waals surface area contributed by atoms with E-state index < -0.39 is 5.91 Å². The number of rotatable bonds is 10. The van der Waals surface area contributed by atoms with Crippen LogP contribution in [0.5, 0.6) is 11.5 Å². The summed E-state index contributed by atoms with van der Waals surface area (Å²) in [4.78, 5) is 47.4. The number of phenols is 2. The fourth-order valence-corrected chi connectivity index (χ4v) is 5.25.